The molecular formula is C14H19N3O2. The van der Waals surface area contributed by atoms with Gasteiger partial charge in [0.2, 0.25) is 11.8 Å². The van der Waals surface area contributed by atoms with E-state index in [9.17, 15) is 4.79 Å². The lowest BCUT2D eigenvalue weighted by molar-refractivity contribution is -0.140. The molecule has 5 heteroatoms. The highest BCUT2D eigenvalue weighted by atomic mass is 16.5. The molecule has 0 N–H and O–H groups in total. The minimum absolute atomic E-state index is 0.0504. The Hall–Kier alpha value is -1.65. The molecule has 1 unspecified atom stereocenters. The van der Waals surface area contributed by atoms with Crippen molar-refractivity contribution in [2.75, 3.05) is 13.1 Å². The number of hydrogen-bond donors (Lipinski definition) is 0. The number of hydrogen-bond acceptors (Lipinski definition) is 4. The molecule has 2 fully saturated rings. The summed E-state index contributed by atoms with van der Waals surface area (Å²) >= 11 is 0. The van der Waals surface area contributed by atoms with Gasteiger partial charge in [-0.25, -0.2) is 4.98 Å². The van der Waals surface area contributed by atoms with Crippen LogP contribution in [0.2, 0.25) is 0 Å². The zero-order chi connectivity index (χ0) is 13.1. The predicted molar refractivity (Wildman–Crippen MR) is 69.6 cm³/mol. The summed E-state index contributed by atoms with van der Waals surface area (Å²) in [5.41, 5.74) is 0. The molecule has 1 aromatic rings. The Morgan fingerprint density at radius 2 is 2.16 bits per heavy atom. The highest BCUT2D eigenvalue weighted by Crippen LogP contribution is 2.29. The molecule has 2 heterocycles. The van der Waals surface area contributed by atoms with Crippen LogP contribution in [-0.2, 0) is 4.79 Å². The van der Waals surface area contributed by atoms with Crippen molar-refractivity contribution in [1.29, 1.82) is 0 Å². The summed E-state index contributed by atoms with van der Waals surface area (Å²) in [5.74, 6) is 1.14. The Morgan fingerprint density at radius 3 is 2.84 bits per heavy atom. The van der Waals surface area contributed by atoms with Gasteiger partial charge in [0.15, 0.2) is 0 Å². The second-order valence-electron chi connectivity index (χ2n) is 5.34. The lowest BCUT2D eigenvalue weighted by Crippen LogP contribution is -2.47. The fraction of sp³-hybridized carbons (Fsp3) is 0.643. The largest absolute Gasteiger partial charge is 0.471 e. The van der Waals surface area contributed by atoms with Crippen LogP contribution in [-0.4, -0.2) is 40.0 Å². The summed E-state index contributed by atoms with van der Waals surface area (Å²) in [4.78, 5) is 22.3. The third-order valence-corrected chi connectivity index (χ3v) is 3.97. The van der Waals surface area contributed by atoms with Crippen molar-refractivity contribution >= 4 is 5.91 Å². The second-order valence-corrected chi connectivity index (χ2v) is 5.34. The van der Waals surface area contributed by atoms with Crippen LogP contribution in [0.3, 0.4) is 0 Å². The maximum absolute atomic E-state index is 12.2. The number of rotatable bonds is 3. The molecule has 0 spiro atoms. The molecule has 3 rings (SSSR count). The van der Waals surface area contributed by atoms with Gasteiger partial charge in [-0.3, -0.25) is 9.78 Å². The Balaban J connectivity index is 1.57. The highest BCUT2D eigenvalue weighted by molar-refractivity contribution is 5.79. The Labute approximate surface area is 113 Å². The van der Waals surface area contributed by atoms with E-state index in [1.54, 1.807) is 18.6 Å². The number of carbonyl (C=O) groups excluding carboxylic acids is 1. The minimum Gasteiger partial charge on any atom is -0.471 e. The topological polar surface area (TPSA) is 55.3 Å². The van der Waals surface area contributed by atoms with E-state index >= 15 is 0 Å². The molecule has 5 nitrogen and oxygen atoms in total. The number of carbonyl (C=O) groups is 1. The van der Waals surface area contributed by atoms with Gasteiger partial charge in [-0.15, -0.1) is 0 Å². The molecule has 1 atom stereocenters. The maximum Gasteiger partial charge on any atom is 0.232 e. The predicted octanol–water partition coefficient (Wildman–Crippen LogP) is 1.65. The van der Waals surface area contributed by atoms with E-state index in [0.717, 1.165) is 32.2 Å². The normalized spacial score (nSPS) is 23.8. The summed E-state index contributed by atoms with van der Waals surface area (Å²) in [6, 6.07) is 0. The molecule has 1 aromatic heterocycles. The van der Waals surface area contributed by atoms with E-state index < -0.39 is 0 Å². The summed E-state index contributed by atoms with van der Waals surface area (Å²) < 4.78 is 5.80. The molecule has 1 aliphatic carbocycles. The Morgan fingerprint density at radius 1 is 1.26 bits per heavy atom. The lowest BCUT2D eigenvalue weighted by atomic mass is 9.84. The van der Waals surface area contributed by atoms with Crippen molar-refractivity contribution in [2.45, 2.75) is 38.2 Å². The smallest absolute Gasteiger partial charge is 0.232 e. The van der Waals surface area contributed by atoms with Crippen LogP contribution in [0, 0.1) is 5.92 Å². The first-order chi connectivity index (χ1) is 9.33. The minimum atomic E-state index is 0.0504. The van der Waals surface area contributed by atoms with Crippen molar-refractivity contribution in [3.05, 3.63) is 18.6 Å². The standard InChI is InChI=1S/C14H19N3O2/c18-14(11-3-1-4-11)17-8-2-5-12(10-17)19-13-9-15-6-7-16-13/h6-7,9,11-12H,1-5,8,10H2. The SMILES string of the molecule is O=C(C1CCC1)N1CCCC(Oc2cnccn2)C1. The summed E-state index contributed by atoms with van der Waals surface area (Å²) in [6.07, 6.45) is 10.2. The summed E-state index contributed by atoms with van der Waals surface area (Å²) in [7, 11) is 0. The van der Waals surface area contributed by atoms with E-state index in [-0.39, 0.29) is 12.0 Å². The number of piperidine rings is 1. The molecule has 0 aromatic carbocycles. The van der Waals surface area contributed by atoms with E-state index in [2.05, 4.69) is 9.97 Å². The quantitative estimate of drug-likeness (QED) is 0.830. The van der Waals surface area contributed by atoms with Gasteiger partial charge < -0.3 is 9.64 Å². The summed E-state index contributed by atoms with van der Waals surface area (Å²) in [6.45, 7) is 1.56. The van der Waals surface area contributed by atoms with E-state index in [1.165, 1.54) is 6.42 Å². The fourth-order valence-corrected chi connectivity index (χ4v) is 2.66. The van der Waals surface area contributed by atoms with Crippen LogP contribution in [0.1, 0.15) is 32.1 Å². The van der Waals surface area contributed by atoms with Gasteiger partial charge in [0, 0.05) is 24.9 Å². The van der Waals surface area contributed by atoms with Crippen molar-refractivity contribution in [3.8, 4) is 5.88 Å². The van der Waals surface area contributed by atoms with Crippen LogP contribution in [0.25, 0.3) is 0 Å². The van der Waals surface area contributed by atoms with E-state index in [4.69, 9.17) is 4.74 Å². The molecule has 0 bridgehead atoms. The third-order valence-electron chi connectivity index (χ3n) is 3.97. The van der Waals surface area contributed by atoms with Crippen molar-refractivity contribution in [3.63, 3.8) is 0 Å². The van der Waals surface area contributed by atoms with Gasteiger partial charge >= 0.3 is 0 Å². The van der Waals surface area contributed by atoms with Crippen LogP contribution < -0.4 is 4.74 Å². The molecule has 1 saturated carbocycles. The molecule has 1 amide bonds. The zero-order valence-electron chi connectivity index (χ0n) is 11.0. The average molecular weight is 261 g/mol. The number of aromatic nitrogens is 2. The molecular weight excluding hydrogens is 242 g/mol. The molecule has 2 aliphatic rings. The van der Waals surface area contributed by atoms with Crippen LogP contribution in [0.15, 0.2) is 18.6 Å². The number of amides is 1. The van der Waals surface area contributed by atoms with Gasteiger partial charge in [-0.1, -0.05) is 6.42 Å². The molecule has 0 radical (unpaired) electrons. The second kappa shape index (κ2) is 5.55. The molecule has 19 heavy (non-hydrogen) atoms. The molecule has 102 valence electrons. The van der Waals surface area contributed by atoms with E-state index in [0.29, 0.717) is 18.3 Å². The van der Waals surface area contributed by atoms with Crippen molar-refractivity contribution in [1.82, 2.24) is 14.9 Å². The first-order valence-electron chi connectivity index (χ1n) is 7.04. The third kappa shape index (κ3) is 2.85. The Kier molecular flexibility index (Phi) is 3.62. The summed E-state index contributed by atoms with van der Waals surface area (Å²) in [5, 5.41) is 0. The number of nitrogens with zero attached hydrogens (tertiary/aromatic N) is 3. The van der Waals surface area contributed by atoms with Crippen molar-refractivity contribution < 1.29 is 9.53 Å². The highest BCUT2D eigenvalue weighted by Gasteiger charge is 2.32. The lowest BCUT2D eigenvalue weighted by Gasteiger charge is -2.36. The van der Waals surface area contributed by atoms with Gasteiger partial charge in [0.05, 0.1) is 12.7 Å². The van der Waals surface area contributed by atoms with Crippen LogP contribution in [0.4, 0.5) is 0 Å². The van der Waals surface area contributed by atoms with Crippen molar-refractivity contribution in [2.24, 2.45) is 5.92 Å². The van der Waals surface area contributed by atoms with Crippen LogP contribution in [0.5, 0.6) is 5.88 Å². The van der Waals surface area contributed by atoms with E-state index in [1.807, 2.05) is 4.90 Å². The molecule has 1 aliphatic heterocycles. The average Bonchev–Trinajstić information content (AvgIpc) is 2.38. The van der Waals surface area contributed by atoms with Gasteiger partial charge in [0.25, 0.3) is 0 Å². The zero-order valence-corrected chi connectivity index (χ0v) is 11.0. The van der Waals surface area contributed by atoms with Gasteiger partial charge in [-0.2, -0.15) is 0 Å². The fourth-order valence-electron chi connectivity index (χ4n) is 2.66. The number of ether oxygens (including phenoxy) is 1. The number of likely N-dealkylation sites (tertiary alicyclic amines) is 1. The molecule has 1 saturated heterocycles. The first kappa shape index (κ1) is 12.4. The monoisotopic (exact) mass is 261 g/mol. The van der Waals surface area contributed by atoms with Gasteiger partial charge in [0.1, 0.15) is 6.10 Å². The van der Waals surface area contributed by atoms with Crippen LogP contribution >= 0.6 is 0 Å². The maximum atomic E-state index is 12.2. The van der Waals surface area contributed by atoms with Gasteiger partial charge in [-0.05, 0) is 25.7 Å². The Bertz CT molecular complexity index is 434. The first-order valence-corrected chi connectivity index (χ1v) is 7.04.